The van der Waals surface area contributed by atoms with Crippen LogP contribution in [-0.2, 0) is 18.4 Å². The molecule has 0 aromatic carbocycles. The van der Waals surface area contributed by atoms with Crippen LogP contribution in [0.3, 0.4) is 0 Å². The highest BCUT2D eigenvalue weighted by Crippen LogP contribution is 2.43. The maximum absolute atomic E-state index is 13.0. The zero-order chi connectivity index (χ0) is 54.2. The number of hydrogen-bond acceptors (Lipinski definition) is 5. The number of amides is 1. The van der Waals surface area contributed by atoms with Crippen molar-refractivity contribution in [3.63, 3.8) is 0 Å². The largest absolute Gasteiger partial charge is 0.472 e. The molecule has 3 N–H and O–H groups in total. The molecular formula is C65H124N2O6P+. The Morgan fingerprint density at radius 2 is 0.811 bits per heavy atom. The second-order valence-corrected chi connectivity index (χ2v) is 24.2. The average molecular weight is 1060 g/mol. The minimum Gasteiger partial charge on any atom is -0.387 e. The fraction of sp³-hybridized carbons (Fsp3) is 0.831. The summed E-state index contributed by atoms with van der Waals surface area (Å²) in [6, 6.07) is -0.845. The first-order valence-electron chi connectivity index (χ1n) is 31.7. The Hall–Kier alpha value is -1.80. The van der Waals surface area contributed by atoms with Gasteiger partial charge in [-0.1, -0.05) is 293 Å². The van der Waals surface area contributed by atoms with Gasteiger partial charge >= 0.3 is 7.82 Å². The highest BCUT2D eigenvalue weighted by atomic mass is 31.2. The van der Waals surface area contributed by atoms with Crippen LogP contribution >= 0.6 is 7.82 Å². The van der Waals surface area contributed by atoms with E-state index in [-0.39, 0.29) is 19.1 Å². The molecule has 0 fully saturated rings. The quantitative estimate of drug-likeness (QED) is 0.0243. The molecule has 9 heteroatoms. The Balaban J connectivity index is 3.94. The molecule has 0 aromatic rings. The highest BCUT2D eigenvalue weighted by molar-refractivity contribution is 7.47. The fourth-order valence-electron chi connectivity index (χ4n) is 9.33. The van der Waals surface area contributed by atoms with Gasteiger partial charge in [0.2, 0.25) is 5.91 Å². The monoisotopic (exact) mass is 1060 g/mol. The molecule has 0 heterocycles. The van der Waals surface area contributed by atoms with Gasteiger partial charge in [-0.15, -0.1) is 0 Å². The maximum Gasteiger partial charge on any atom is 0.472 e. The fourth-order valence-corrected chi connectivity index (χ4v) is 10.1. The van der Waals surface area contributed by atoms with Crippen molar-refractivity contribution in [2.45, 2.75) is 309 Å². The van der Waals surface area contributed by atoms with Crippen molar-refractivity contribution in [1.82, 2.24) is 5.32 Å². The topological polar surface area (TPSA) is 105 Å². The molecule has 0 aromatic heterocycles. The molecule has 0 aliphatic carbocycles. The van der Waals surface area contributed by atoms with Crippen LogP contribution in [0.1, 0.15) is 296 Å². The Bertz CT molecular complexity index is 1390. The number of carbonyl (C=O) groups is 1. The number of phosphoric ester groups is 1. The van der Waals surface area contributed by atoms with E-state index < -0.39 is 20.0 Å². The van der Waals surface area contributed by atoms with Crippen LogP contribution in [0.4, 0.5) is 0 Å². The Labute approximate surface area is 460 Å². The summed E-state index contributed by atoms with van der Waals surface area (Å²) in [5.41, 5.74) is 0. The molecule has 0 rings (SSSR count). The molecule has 0 saturated carbocycles. The van der Waals surface area contributed by atoms with Gasteiger partial charge in [-0.05, 0) is 57.8 Å². The molecule has 74 heavy (non-hydrogen) atoms. The molecule has 0 aliphatic heterocycles. The van der Waals surface area contributed by atoms with Gasteiger partial charge in [0.05, 0.1) is 39.9 Å². The summed E-state index contributed by atoms with van der Waals surface area (Å²) >= 11 is 0. The van der Waals surface area contributed by atoms with Crippen LogP contribution in [0.2, 0.25) is 0 Å². The molecule has 3 atom stereocenters. The zero-order valence-electron chi connectivity index (χ0n) is 49.6. The van der Waals surface area contributed by atoms with E-state index in [1.165, 1.54) is 212 Å². The SMILES string of the molecule is CC/C=C\C/C=C\C/C=C\C/C=C\CCCCCCCCCCCCCCCCCCCCCCCCCCC(=O)NC(COP(=O)(O)OCC[N+](C)(C)C)C(O)/C=C/CCCCCCCCCCCCCCC. The molecular weight excluding hydrogens is 936 g/mol. The lowest BCUT2D eigenvalue weighted by Crippen LogP contribution is -2.45. The summed E-state index contributed by atoms with van der Waals surface area (Å²) in [5.74, 6) is -0.173. The predicted molar refractivity (Wildman–Crippen MR) is 323 cm³/mol. The van der Waals surface area contributed by atoms with Gasteiger partial charge in [0.15, 0.2) is 0 Å². The number of hydrogen-bond donors (Lipinski definition) is 3. The van der Waals surface area contributed by atoms with Crippen molar-refractivity contribution in [1.29, 1.82) is 0 Å². The lowest BCUT2D eigenvalue weighted by molar-refractivity contribution is -0.870. The van der Waals surface area contributed by atoms with Gasteiger partial charge in [0.1, 0.15) is 13.2 Å². The summed E-state index contributed by atoms with van der Waals surface area (Å²) in [4.78, 5) is 23.3. The Morgan fingerprint density at radius 1 is 0.473 bits per heavy atom. The summed E-state index contributed by atoms with van der Waals surface area (Å²) in [6.07, 6.45) is 76.4. The molecule has 0 bridgehead atoms. The zero-order valence-corrected chi connectivity index (χ0v) is 50.5. The van der Waals surface area contributed by atoms with E-state index in [4.69, 9.17) is 9.05 Å². The van der Waals surface area contributed by atoms with E-state index >= 15 is 0 Å². The number of nitrogens with zero attached hydrogens (tertiary/aromatic N) is 1. The molecule has 0 spiro atoms. The van der Waals surface area contributed by atoms with E-state index in [2.05, 4.69) is 67.8 Å². The number of unbranched alkanes of at least 4 members (excludes halogenated alkanes) is 37. The van der Waals surface area contributed by atoms with Gasteiger partial charge in [0, 0.05) is 6.42 Å². The summed E-state index contributed by atoms with van der Waals surface area (Å²) in [6.45, 7) is 4.73. The Kier molecular flexibility index (Phi) is 54.6. The van der Waals surface area contributed by atoms with Crippen LogP contribution in [0.5, 0.6) is 0 Å². The summed E-state index contributed by atoms with van der Waals surface area (Å²) < 4.78 is 23.7. The number of phosphoric acid groups is 1. The number of rotatable bonds is 58. The summed E-state index contributed by atoms with van der Waals surface area (Å²) in [5, 5.41) is 13.9. The van der Waals surface area contributed by atoms with Gasteiger partial charge in [-0.3, -0.25) is 13.8 Å². The summed E-state index contributed by atoms with van der Waals surface area (Å²) in [7, 11) is 1.58. The standard InChI is InChI=1S/C65H123N2O6P/c1-6-8-10-12-14-16-18-20-22-23-24-25-26-27-28-29-30-31-32-33-34-35-36-37-38-39-40-41-42-43-45-47-49-51-53-55-57-59-65(69)66-63(62-73-74(70,71)72-61-60-67(3,4)5)64(68)58-56-54-52-50-48-46-44-21-19-17-15-13-11-9-7-2/h8,10,14,16,20,22,24-25,56,58,63-64,68H,6-7,9,11-13,15,17-19,21,23,26-55,57,59-62H2,1-5H3,(H-,66,69,70,71)/p+1/b10-8-,16-14-,22-20-,25-24-,58-56+. The van der Waals surface area contributed by atoms with Crippen LogP contribution < -0.4 is 5.32 Å². The highest BCUT2D eigenvalue weighted by Gasteiger charge is 2.27. The second kappa shape index (κ2) is 55.9. The lowest BCUT2D eigenvalue weighted by Gasteiger charge is -2.25. The first kappa shape index (κ1) is 72.2. The minimum absolute atomic E-state index is 0.0626. The third-order valence-electron chi connectivity index (χ3n) is 14.2. The molecule has 3 unspecified atom stereocenters. The van der Waals surface area contributed by atoms with Crippen LogP contribution in [-0.4, -0.2) is 73.4 Å². The molecule has 0 radical (unpaired) electrons. The maximum atomic E-state index is 13.0. The second-order valence-electron chi connectivity index (χ2n) is 22.8. The third-order valence-corrected chi connectivity index (χ3v) is 15.2. The Morgan fingerprint density at radius 3 is 1.19 bits per heavy atom. The predicted octanol–water partition coefficient (Wildman–Crippen LogP) is 19.7. The normalized spacial score (nSPS) is 14.2. The van der Waals surface area contributed by atoms with Crippen molar-refractivity contribution in [2.24, 2.45) is 0 Å². The van der Waals surface area contributed by atoms with E-state index in [9.17, 15) is 19.4 Å². The number of carbonyl (C=O) groups excluding carboxylic acids is 1. The van der Waals surface area contributed by atoms with Crippen LogP contribution in [0, 0.1) is 0 Å². The first-order chi connectivity index (χ1) is 36.0. The molecule has 0 aliphatic rings. The van der Waals surface area contributed by atoms with E-state index in [1.807, 2.05) is 27.2 Å². The van der Waals surface area contributed by atoms with Crippen molar-refractivity contribution < 1.29 is 32.9 Å². The van der Waals surface area contributed by atoms with Crippen molar-refractivity contribution in [3.8, 4) is 0 Å². The van der Waals surface area contributed by atoms with Crippen molar-refractivity contribution in [3.05, 3.63) is 60.8 Å². The smallest absolute Gasteiger partial charge is 0.387 e. The van der Waals surface area contributed by atoms with E-state index in [1.54, 1.807) is 6.08 Å². The van der Waals surface area contributed by atoms with Crippen LogP contribution in [0.15, 0.2) is 60.8 Å². The number of quaternary nitrogens is 1. The lowest BCUT2D eigenvalue weighted by atomic mass is 10.0. The van der Waals surface area contributed by atoms with E-state index in [0.717, 1.165) is 64.2 Å². The van der Waals surface area contributed by atoms with Gasteiger partial charge in [0.25, 0.3) is 0 Å². The first-order valence-corrected chi connectivity index (χ1v) is 33.2. The number of nitrogens with one attached hydrogen (secondary N) is 1. The van der Waals surface area contributed by atoms with Crippen molar-refractivity contribution >= 4 is 13.7 Å². The van der Waals surface area contributed by atoms with Gasteiger partial charge in [-0.2, -0.15) is 0 Å². The molecule has 0 saturated heterocycles. The van der Waals surface area contributed by atoms with Crippen molar-refractivity contribution in [2.75, 3.05) is 40.9 Å². The number of likely N-dealkylation sites (N-methyl/N-ethyl adjacent to an activating group) is 1. The number of allylic oxidation sites excluding steroid dienone is 9. The number of aliphatic hydroxyl groups is 1. The number of aliphatic hydroxyl groups excluding tert-OH is 1. The molecule has 434 valence electrons. The van der Waals surface area contributed by atoms with E-state index in [0.29, 0.717) is 17.4 Å². The minimum atomic E-state index is -4.35. The molecule has 8 nitrogen and oxygen atoms in total. The third kappa shape index (κ3) is 57.9. The molecule has 1 amide bonds. The van der Waals surface area contributed by atoms with Gasteiger partial charge in [-0.25, -0.2) is 4.57 Å². The van der Waals surface area contributed by atoms with Crippen LogP contribution in [0.25, 0.3) is 0 Å². The van der Waals surface area contributed by atoms with Gasteiger partial charge < -0.3 is 19.8 Å². The average Bonchev–Trinajstić information content (AvgIpc) is 3.36.